The highest BCUT2D eigenvalue weighted by molar-refractivity contribution is 6.10. The fourth-order valence-electron chi connectivity index (χ4n) is 1.66. The van der Waals surface area contributed by atoms with Crippen molar-refractivity contribution in [2.45, 2.75) is 19.0 Å². The van der Waals surface area contributed by atoms with Crippen LogP contribution in [0, 0.1) is 5.41 Å². The maximum absolute atomic E-state index is 12.3. The predicted octanol–water partition coefficient (Wildman–Crippen LogP) is 2.51. The van der Waals surface area contributed by atoms with Gasteiger partial charge in [-0.25, -0.2) is 0 Å². The van der Waals surface area contributed by atoms with Crippen LogP contribution in [0.3, 0.4) is 0 Å². The minimum atomic E-state index is -4.44. The number of carbonyl (C=O) groups is 2. The molecular weight excluding hydrogens is 263 g/mol. The molecule has 0 atom stereocenters. The van der Waals surface area contributed by atoms with Gasteiger partial charge in [0, 0.05) is 5.69 Å². The summed E-state index contributed by atoms with van der Waals surface area (Å²) in [5.74, 6) is -1.91. The highest BCUT2D eigenvalue weighted by Gasteiger charge is 2.57. The van der Waals surface area contributed by atoms with Crippen molar-refractivity contribution in [3.8, 4) is 0 Å². The van der Waals surface area contributed by atoms with Crippen molar-refractivity contribution >= 4 is 17.6 Å². The van der Waals surface area contributed by atoms with E-state index < -0.39 is 29.0 Å². The van der Waals surface area contributed by atoms with Gasteiger partial charge in [0.15, 0.2) is 0 Å². The number of anilines is 1. The van der Waals surface area contributed by atoms with Crippen molar-refractivity contribution in [2.75, 3.05) is 5.32 Å². The molecule has 7 heteroatoms. The predicted molar refractivity (Wildman–Crippen MR) is 59.4 cm³/mol. The minimum absolute atomic E-state index is 0.144. The Morgan fingerprint density at radius 3 is 2.05 bits per heavy atom. The third-order valence-electron chi connectivity index (χ3n) is 3.06. The van der Waals surface area contributed by atoms with E-state index in [1.54, 1.807) is 0 Å². The summed E-state index contributed by atoms with van der Waals surface area (Å²) in [4.78, 5) is 22.6. The van der Waals surface area contributed by atoms with E-state index in [0.717, 1.165) is 24.3 Å². The van der Waals surface area contributed by atoms with Crippen LogP contribution < -0.4 is 5.32 Å². The first-order valence-corrected chi connectivity index (χ1v) is 5.48. The van der Waals surface area contributed by atoms with Crippen LogP contribution in [0.2, 0.25) is 0 Å². The second kappa shape index (κ2) is 4.25. The van der Waals surface area contributed by atoms with Gasteiger partial charge in [0.1, 0.15) is 5.41 Å². The summed E-state index contributed by atoms with van der Waals surface area (Å²) in [6.45, 7) is 0. The lowest BCUT2D eigenvalue weighted by atomic mass is 10.1. The topological polar surface area (TPSA) is 66.4 Å². The van der Waals surface area contributed by atoms with Crippen LogP contribution in [-0.2, 0) is 15.8 Å². The molecule has 19 heavy (non-hydrogen) atoms. The number of benzene rings is 1. The molecule has 0 heterocycles. The van der Waals surface area contributed by atoms with E-state index in [2.05, 4.69) is 5.32 Å². The first-order chi connectivity index (χ1) is 8.75. The Morgan fingerprint density at radius 2 is 1.68 bits per heavy atom. The molecule has 102 valence electrons. The Hall–Kier alpha value is -2.05. The van der Waals surface area contributed by atoms with Crippen molar-refractivity contribution < 1.29 is 27.9 Å². The average molecular weight is 273 g/mol. The van der Waals surface area contributed by atoms with Gasteiger partial charge in [-0.15, -0.1) is 0 Å². The molecular formula is C12H10F3NO3. The number of hydrogen-bond acceptors (Lipinski definition) is 2. The normalized spacial score (nSPS) is 16.8. The smallest absolute Gasteiger partial charge is 0.416 e. The van der Waals surface area contributed by atoms with E-state index in [1.807, 2.05) is 0 Å². The zero-order valence-electron chi connectivity index (χ0n) is 9.62. The fourth-order valence-corrected chi connectivity index (χ4v) is 1.66. The van der Waals surface area contributed by atoms with E-state index in [4.69, 9.17) is 5.11 Å². The summed E-state index contributed by atoms with van der Waals surface area (Å²) in [7, 11) is 0. The summed E-state index contributed by atoms with van der Waals surface area (Å²) >= 11 is 0. The summed E-state index contributed by atoms with van der Waals surface area (Å²) < 4.78 is 37.0. The van der Waals surface area contributed by atoms with Gasteiger partial charge < -0.3 is 10.4 Å². The third kappa shape index (κ3) is 2.54. The summed E-state index contributed by atoms with van der Waals surface area (Å²) in [6.07, 6.45) is -3.95. The molecule has 1 aromatic carbocycles. The van der Waals surface area contributed by atoms with Crippen molar-refractivity contribution in [3.05, 3.63) is 29.8 Å². The fraction of sp³-hybridized carbons (Fsp3) is 0.333. The number of carboxylic acid groups (broad SMARTS) is 1. The van der Waals surface area contributed by atoms with E-state index in [0.29, 0.717) is 0 Å². The number of amides is 1. The standard InChI is InChI=1S/C12H10F3NO3/c13-12(14,15)7-1-3-8(4-2-7)16-9(17)11(5-6-11)10(18)19/h1-4H,5-6H2,(H,16,17)(H,18,19). The number of alkyl halides is 3. The van der Waals surface area contributed by atoms with Gasteiger partial charge in [-0.3, -0.25) is 9.59 Å². The molecule has 2 N–H and O–H groups in total. The van der Waals surface area contributed by atoms with Gasteiger partial charge in [0.25, 0.3) is 0 Å². The lowest BCUT2D eigenvalue weighted by molar-refractivity contribution is -0.147. The second-order valence-electron chi connectivity index (χ2n) is 4.42. The Labute approximate surface area is 106 Å². The third-order valence-corrected chi connectivity index (χ3v) is 3.06. The number of halogens is 3. The van der Waals surface area contributed by atoms with Crippen LogP contribution in [0.5, 0.6) is 0 Å². The molecule has 0 bridgehead atoms. The molecule has 1 amide bonds. The van der Waals surface area contributed by atoms with E-state index in [9.17, 15) is 22.8 Å². The molecule has 1 aliphatic carbocycles. The molecule has 1 aromatic rings. The molecule has 2 rings (SSSR count). The highest BCUT2D eigenvalue weighted by atomic mass is 19.4. The van der Waals surface area contributed by atoms with Crippen molar-refractivity contribution in [1.29, 1.82) is 0 Å². The summed E-state index contributed by atoms with van der Waals surface area (Å²) in [6, 6.07) is 3.85. The Balaban J connectivity index is 2.09. The van der Waals surface area contributed by atoms with Crippen molar-refractivity contribution in [2.24, 2.45) is 5.41 Å². The lowest BCUT2D eigenvalue weighted by Gasteiger charge is -2.12. The molecule has 0 aliphatic heterocycles. The average Bonchev–Trinajstić information content (AvgIpc) is 3.09. The lowest BCUT2D eigenvalue weighted by Crippen LogP contribution is -2.31. The summed E-state index contributed by atoms with van der Waals surface area (Å²) in [5.41, 5.74) is -2.10. The maximum atomic E-state index is 12.3. The van der Waals surface area contributed by atoms with Crippen molar-refractivity contribution in [3.63, 3.8) is 0 Å². The zero-order valence-corrected chi connectivity index (χ0v) is 9.62. The molecule has 1 aliphatic rings. The largest absolute Gasteiger partial charge is 0.480 e. The molecule has 0 spiro atoms. The molecule has 1 fully saturated rings. The summed E-state index contributed by atoms with van der Waals surface area (Å²) in [5, 5.41) is 11.2. The van der Waals surface area contributed by atoms with Gasteiger partial charge in [-0.2, -0.15) is 13.2 Å². The number of aliphatic carboxylic acids is 1. The first kappa shape index (κ1) is 13.4. The number of nitrogens with one attached hydrogen (secondary N) is 1. The molecule has 0 aromatic heterocycles. The maximum Gasteiger partial charge on any atom is 0.416 e. The Morgan fingerprint density at radius 1 is 1.16 bits per heavy atom. The monoisotopic (exact) mass is 273 g/mol. The highest BCUT2D eigenvalue weighted by Crippen LogP contribution is 2.46. The number of carboxylic acids is 1. The van der Waals surface area contributed by atoms with Crippen LogP contribution in [-0.4, -0.2) is 17.0 Å². The second-order valence-corrected chi connectivity index (χ2v) is 4.42. The van der Waals surface area contributed by atoms with Gasteiger partial charge in [0.05, 0.1) is 5.56 Å². The van der Waals surface area contributed by atoms with Crippen LogP contribution in [0.15, 0.2) is 24.3 Å². The molecule has 0 saturated heterocycles. The van der Waals surface area contributed by atoms with Gasteiger partial charge in [0.2, 0.25) is 5.91 Å². The minimum Gasteiger partial charge on any atom is -0.480 e. The Kier molecular flexibility index (Phi) is 3.00. The van der Waals surface area contributed by atoms with Crippen LogP contribution in [0.4, 0.5) is 18.9 Å². The van der Waals surface area contributed by atoms with Gasteiger partial charge >= 0.3 is 12.1 Å². The zero-order chi connectivity index (χ0) is 14.3. The number of carbonyl (C=O) groups excluding carboxylic acids is 1. The van der Waals surface area contributed by atoms with Gasteiger partial charge in [-0.1, -0.05) is 0 Å². The van der Waals surface area contributed by atoms with Crippen LogP contribution in [0.1, 0.15) is 18.4 Å². The molecule has 1 saturated carbocycles. The van der Waals surface area contributed by atoms with Crippen LogP contribution in [0.25, 0.3) is 0 Å². The van der Waals surface area contributed by atoms with E-state index in [-0.39, 0.29) is 18.5 Å². The number of rotatable bonds is 3. The SMILES string of the molecule is O=C(O)C1(C(=O)Nc2ccc(C(F)(F)F)cc2)CC1. The molecule has 0 radical (unpaired) electrons. The number of hydrogen-bond donors (Lipinski definition) is 2. The van der Waals surface area contributed by atoms with Crippen molar-refractivity contribution in [1.82, 2.24) is 0 Å². The van der Waals surface area contributed by atoms with E-state index in [1.165, 1.54) is 0 Å². The molecule has 4 nitrogen and oxygen atoms in total. The van der Waals surface area contributed by atoms with Crippen LogP contribution >= 0.6 is 0 Å². The van der Waals surface area contributed by atoms with E-state index >= 15 is 0 Å². The first-order valence-electron chi connectivity index (χ1n) is 5.48. The van der Waals surface area contributed by atoms with Gasteiger partial charge in [-0.05, 0) is 37.1 Å². The quantitative estimate of drug-likeness (QED) is 0.831. The Bertz CT molecular complexity index is 518. The molecule has 0 unspecified atom stereocenters.